The number of anilines is 1. The van der Waals surface area contributed by atoms with Gasteiger partial charge in [0.15, 0.2) is 11.5 Å². The molecule has 0 amide bonds. The van der Waals surface area contributed by atoms with Crippen LogP contribution in [-0.2, 0) is 13.0 Å². The van der Waals surface area contributed by atoms with E-state index in [1.54, 1.807) is 19.2 Å². The molecule has 106 valence electrons. The largest absolute Gasteiger partial charge is 0.493 e. The lowest BCUT2D eigenvalue weighted by Gasteiger charge is -2.13. The Labute approximate surface area is 124 Å². The first-order chi connectivity index (χ1) is 9.63. The van der Waals surface area contributed by atoms with Crippen molar-refractivity contribution in [2.75, 3.05) is 12.8 Å². The summed E-state index contributed by atoms with van der Waals surface area (Å²) in [5, 5.41) is 0.621. The summed E-state index contributed by atoms with van der Waals surface area (Å²) in [5.41, 5.74) is 8.64. The second-order valence-electron chi connectivity index (χ2n) is 4.47. The lowest BCUT2D eigenvalue weighted by atomic mass is 10.1. The number of hydrogen-bond donors (Lipinski definition) is 1. The van der Waals surface area contributed by atoms with Crippen LogP contribution in [0.2, 0.25) is 5.02 Å². The third-order valence-corrected chi connectivity index (χ3v) is 3.36. The Morgan fingerprint density at radius 2 is 1.90 bits per heavy atom. The fraction of sp³-hybridized carbons (Fsp3) is 0.250. The quantitative estimate of drug-likeness (QED) is 0.845. The molecule has 4 heteroatoms. The van der Waals surface area contributed by atoms with Gasteiger partial charge in [-0.05, 0) is 36.2 Å². The number of benzene rings is 2. The first-order valence-corrected chi connectivity index (χ1v) is 6.85. The molecule has 2 aromatic carbocycles. The molecule has 2 rings (SSSR count). The number of nitrogens with two attached hydrogens (primary N) is 1. The van der Waals surface area contributed by atoms with E-state index in [4.69, 9.17) is 26.8 Å². The molecule has 0 aromatic heterocycles. The van der Waals surface area contributed by atoms with E-state index in [9.17, 15) is 0 Å². The average molecular weight is 292 g/mol. The van der Waals surface area contributed by atoms with E-state index in [0.717, 1.165) is 17.7 Å². The second-order valence-corrected chi connectivity index (χ2v) is 4.91. The highest BCUT2D eigenvalue weighted by Crippen LogP contribution is 2.29. The van der Waals surface area contributed by atoms with Crippen molar-refractivity contribution in [3.05, 3.63) is 52.5 Å². The van der Waals surface area contributed by atoms with Crippen LogP contribution in [0.5, 0.6) is 11.5 Å². The lowest BCUT2D eigenvalue weighted by molar-refractivity contribution is 0.285. The number of rotatable bonds is 5. The SMILES string of the molecule is CCc1ccc(OCc2ccc(Cl)cc2N)c(OC)c1. The zero-order valence-corrected chi connectivity index (χ0v) is 12.4. The average Bonchev–Trinajstić information content (AvgIpc) is 2.46. The van der Waals surface area contributed by atoms with E-state index in [1.807, 2.05) is 24.3 Å². The maximum absolute atomic E-state index is 5.91. The molecule has 0 radical (unpaired) electrons. The number of methoxy groups -OCH3 is 1. The molecule has 0 bridgehead atoms. The predicted octanol–water partition coefficient (Wildman–Crippen LogP) is 4.07. The Morgan fingerprint density at radius 1 is 1.10 bits per heavy atom. The van der Waals surface area contributed by atoms with Gasteiger partial charge >= 0.3 is 0 Å². The zero-order valence-electron chi connectivity index (χ0n) is 11.7. The Hall–Kier alpha value is -1.87. The fourth-order valence-electron chi connectivity index (χ4n) is 1.90. The highest BCUT2D eigenvalue weighted by molar-refractivity contribution is 6.30. The number of nitrogen functional groups attached to an aromatic ring is 1. The summed E-state index contributed by atoms with van der Waals surface area (Å²) in [6.07, 6.45) is 0.959. The third kappa shape index (κ3) is 3.36. The van der Waals surface area contributed by atoms with Gasteiger partial charge in [-0.1, -0.05) is 30.7 Å². The molecule has 0 heterocycles. The van der Waals surface area contributed by atoms with Gasteiger partial charge in [-0.25, -0.2) is 0 Å². The van der Waals surface area contributed by atoms with Crippen LogP contribution in [0.3, 0.4) is 0 Å². The van der Waals surface area contributed by atoms with E-state index in [1.165, 1.54) is 5.56 Å². The molecule has 0 unspecified atom stereocenters. The van der Waals surface area contributed by atoms with Crippen molar-refractivity contribution >= 4 is 17.3 Å². The molecule has 20 heavy (non-hydrogen) atoms. The molecule has 0 spiro atoms. The second kappa shape index (κ2) is 6.53. The topological polar surface area (TPSA) is 44.5 Å². The number of ether oxygens (including phenoxy) is 2. The van der Waals surface area contributed by atoms with Crippen LogP contribution in [0.25, 0.3) is 0 Å². The Bertz CT molecular complexity index is 599. The van der Waals surface area contributed by atoms with Crippen molar-refractivity contribution in [3.63, 3.8) is 0 Å². The summed E-state index contributed by atoms with van der Waals surface area (Å²) in [4.78, 5) is 0. The zero-order chi connectivity index (χ0) is 14.5. The summed E-state index contributed by atoms with van der Waals surface area (Å²) in [5.74, 6) is 1.44. The Balaban J connectivity index is 2.14. The standard InChI is InChI=1S/C16H18ClNO2/c1-3-11-4-7-15(16(8-11)19-2)20-10-12-5-6-13(17)9-14(12)18/h4-9H,3,10,18H2,1-2H3. The van der Waals surface area contributed by atoms with Crippen molar-refractivity contribution in [1.29, 1.82) is 0 Å². The van der Waals surface area contributed by atoms with Crippen LogP contribution in [0.15, 0.2) is 36.4 Å². The van der Waals surface area contributed by atoms with Crippen molar-refractivity contribution in [2.45, 2.75) is 20.0 Å². The van der Waals surface area contributed by atoms with Crippen LogP contribution in [0.4, 0.5) is 5.69 Å². The Kier molecular flexibility index (Phi) is 4.74. The summed E-state index contributed by atoms with van der Waals surface area (Å²) < 4.78 is 11.1. The molecule has 2 aromatic rings. The molecule has 2 N–H and O–H groups in total. The highest BCUT2D eigenvalue weighted by Gasteiger charge is 2.07. The molecule has 0 aliphatic heterocycles. The van der Waals surface area contributed by atoms with Gasteiger partial charge in [0.05, 0.1) is 7.11 Å². The van der Waals surface area contributed by atoms with Gasteiger partial charge in [0, 0.05) is 16.3 Å². The van der Waals surface area contributed by atoms with E-state index >= 15 is 0 Å². The van der Waals surface area contributed by atoms with E-state index < -0.39 is 0 Å². The molecule has 0 aliphatic carbocycles. The molecule has 0 saturated heterocycles. The van der Waals surface area contributed by atoms with Gasteiger partial charge < -0.3 is 15.2 Å². The van der Waals surface area contributed by atoms with Gasteiger partial charge in [-0.2, -0.15) is 0 Å². The number of halogens is 1. The minimum absolute atomic E-state index is 0.380. The summed E-state index contributed by atoms with van der Waals surface area (Å²) in [7, 11) is 1.64. The first-order valence-electron chi connectivity index (χ1n) is 6.47. The molecular weight excluding hydrogens is 274 g/mol. The smallest absolute Gasteiger partial charge is 0.161 e. The van der Waals surface area contributed by atoms with Crippen LogP contribution in [0, 0.1) is 0 Å². The molecular formula is C16H18ClNO2. The maximum atomic E-state index is 5.91. The van der Waals surface area contributed by atoms with E-state index in [0.29, 0.717) is 23.1 Å². The van der Waals surface area contributed by atoms with Crippen molar-refractivity contribution < 1.29 is 9.47 Å². The monoisotopic (exact) mass is 291 g/mol. The highest BCUT2D eigenvalue weighted by atomic mass is 35.5. The van der Waals surface area contributed by atoms with E-state index in [2.05, 4.69) is 6.92 Å². The van der Waals surface area contributed by atoms with E-state index in [-0.39, 0.29) is 0 Å². The van der Waals surface area contributed by atoms with Gasteiger partial charge in [0.1, 0.15) is 6.61 Å². The first kappa shape index (κ1) is 14.5. The molecule has 0 aliphatic rings. The van der Waals surface area contributed by atoms with Gasteiger partial charge in [0.2, 0.25) is 0 Å². The van der Waals surface area contributed by atoms with Crippen molar-refractivity contribution in [3.8, 4) is 11.5 Å². The summed E-state index contributed by atoms with van der Waals surface area (Å²) >= 11 is 5.87. The molecule has 0 saturated carbocycles. The number of aryl methyl sites for hydroxylation is 1. The predicted molar refractivity (Wildman–Crippen MR) is 82.6 cm³/mol. The number of hydrogen-bond acceptors (Lipinski definition) is 3. The minimum atomic E-state index is 0.380. The summed E-state index contributed by atoms with van der Waals surface area (Å²) in [6.45, 7) is 2.48. The maximum Gasteiger partial charge on any atom is 0.161 e. The third-order valence-electron chi connectivity index (χ3n) is 3.13. The van der Waals surface area contributed by atoms with Crippen LogP contribution < -0.4 is 15.2 Å². The summed E-state index contributed by atoms with van der Waals surface area (Å²) in [6, 6.07) is 11.3. The van der Waals surface area contributed by atoms with Crippen LogP contribution >= 0.6 is 11.6 Å². The van der Waals surface area contributed by atoms with Crippen LogP contribution in [0.1, 0.15) is 18.1 Å². The Morgan fingerprint density at radius 3 is 2.55 bits per heavy atom. The molecule has 3 nitrogen and oxygen atoms in total. The van der Waals surface area contributed by atoms with Crippen molar-refractivity contribution in [2.24, 2.45) is 0 Å². The lowest BCUT2D eigenvalue weighted by Crippen LogP contribution is -2.01. The molecule has 0 atom stereocenters. The van der Waals surface area contributed by atoms with Gasteiger partial charge in [-0.15, -0.1) is 0 Å². The van der Waals surface area contributed by atoms with Gasteiger partial charge in [0.25, 0.3) is 0 Å². The molecule has 0 fully saturated rings. The minimum Gasteiger partial charge on any atom is -0.493 e. The van der Waals surface area contributed by atoms with Gasteiger partial charge in [-0.3, -0.25) is 0 Å². The fourth-order valence-corrected chi connectivity index (χ4v) is 2.08. The van der Waals surface area contributed by atoms with Crippen molar-refractivity contribution in [1.82, 2.24) is 0 Å². The normalized spacial score (nSPS) is 10.3. The van der Waals surface area contributed by atoms with Crippen LogP contribution in [-0.4, -0.2) is 7.11 Å².